The van der Waals surface area contributed by atoms with E-state index >= 15 is 0 Å². The molecule has 96 valence electrons. The van der Waals surface area contributed by atoms with Crippen LogP contribution in [-0.4, -0.2) is 7.11 Å². The van der Waals surface area contributed by atoms with Crippen LogP contribution in [0.5, 0.6) is 5.75 Å². The molecule has 0 spiro atoms. The molecule has 5 heteroatoms. The number of hydrogen-bond acceptors (Lipinski definition) is 3. The van der Waals surface area contributed by atoms with Crippen LogP contribution in [0.4, 0.5) is 0 Å². The molecule has 1 heterocycles. The van der Waals surface area contributed by atoms with Crippen LogP contribution >= 0.6 is 43.2 Å². The Morgan fingerprint density at radius 2 is 2.00 bits per heavy atom. The molecule has 0 radical (unpaired) electrons. The SMILES string of the molecule is COc1cc(Br)ccc1C(N)c1cc(C)c(Br)s1. The summed E-state index contributed by atoms with van der Waals surface area (Å²) < 4.78 is 7.50. The van der Waals surface area contributed by atoms with Crippen molar-refractivity contribution in [3.8, 4) is 5.75 Å². The third kappa shape index (κ3) is 2.79. The summed E-state index contributed by atoms with van der Waals surface area (Å²) in [5.74, 6) is 0.805. The van der Waals surface area contributed by atoms with E-state index in [2.05, 4.69) is 44.8 Å². The molecule has 0 saturated heterocycles. The Balaban J connectivity index is 2.42. The number of thiophene rings is 1. The molecular formula is C13H13Br2NOS. The van der Waals surface area contributed by atoms with Gasteiger partial charge in [0.25, 0.3) is 0 Å². The van der Waals surface area contributed by atoms with Gasteiger partial charge in [-0.15, -0.1) is 11.3 Å². The summed E-state index contributed by atoms with van der Waals surface area (Å²) in [6.45, 7) is 2.07. The first-order valence-electron chi connectivity index (χ1n) is 5.37. The topological polar surface area (TPSA) is 35.2 Å². The molecule has 1 aromatic heterocycles. The minimum atomic E-state index is -0.164. The molecule has 0 bridgehead atoms. The molecule has 2 rings (SSSR count). The Morgan fingerprint density at radius 1 is 1.28 bits per heavy atom. The number of benzene rings is 1. The lowest BCUT2D eigenvalue weighted by atomic mass is 10.0. The first-order valence-corrected chi connectivity index (χ1v) is 7.78. The minimum absolute atomic E-state index is 0.164. The maximum absolute atomic E-state index is 6.32. The molecule has 18 heavy (non-hydrogen) atoms. The summed E-state index contributed by atoms with van der Waals surface area (Å²) in [5.41, 5.74) is 8.52. The van der Waals surface area contributed by atoms with Crippen molar-refractivity contribution in [2.24, 2.45) is 5.73 Å². The predicted molar refractivity (Wildman–Crippen MR) is 83.5 cm³/mol. The van der Waals surface area contributed by atoms with Crippen LogP contribution in [0.2, 0.25) is 0 Å². The van der Waals surface area contributed by atoms with Crippen LogP contribution in [-0.2, 0) is 0 Å². The number of ether oxygens (including phenoxy) is 1. The Morgan fingerprint density at radius 3 is 2.56 bits per heavy atom. The number of nitrogens with two attached hydrogens (primary N) is 1. The van der Waals surface area contributed by atoms with E-state index in [1.807, 2.05) is 18.2 Å². The third-order valence-corrected chi connectivity index (χ3v) is 5.43. The Bertz CT molecular complexity index is 549. The van der Waals surface area contributed by atoms with Crippen LogP contribution in [0, 0.1) is 6.92 Å². The van der Waals surface area contributed by atoms with Gasteiger partial charge in [-0.3, -0.25) is 0 Å². The fourth-order valence-corrected chi connectivity index (χ4v) is 3.66. The highest BCUT2D eigenvalue weighted by molar-refractivity contribution is 9.11. The lowest BCUT2D eigenvalue weighted by Crippen LogP contribution is -2.11. The monoisotopic (exact) mass is 389 g/mol. The molecule has 0 aliphatic rings. The van der Waals surface area contributed by atoms with E-state index < -0.39 is 0 Å². The number of rotatable bonds is 3. The summed E-state index contributed by atoms with van der Waals surface area (Å²) >= 11 is 8.63. The summed E-state index contributed by atoms with van der Waals surface area (Å²) in [4.78, 5) is 1.12. The summed E-state index contributed by atoms with van der Waals surface area (Å²) in [6, 6.07) is 7.86. The van der Waals surface area contributed by atoms with Crippen LogP contribution in [0.3, 0.4) is 0 Å². The molecule has 1 aromatic carbocycles. The molecule has 1 atom stereocenters. The minimum Gasteiger partial charge on any atom is -0.496 e. The zero-order valence-corrected chi connectivity index (χ0v) is 14.0. The van der Waals surface area contributed by atoms with Gasteiger partial charge in [0.05, 0.1) is 16.9 Å². The lowest BCUT2D eigenvalue weighted by molar-refractivity contribution is 0.407. The van der Waals surface area contributed by atoms with E-state index in [0.29, 0.717) is 0 Å². The second-order valence-corrected chi connectivity index (χ2v) is 7.29. The van der Waals surface area contributed by atoms with Gasteiger partial charge in [0, 0.05) is 14.9 Å². The fraction of sp³-hybridized carbons (Fsp3) is 0.231. The molecule has 1 unspecified atom stereocenters. The zero-order valence-electron chi connectivity index (χ0n) is 10.0. The van der Waals surface area contributed by atoms with Gasteiger partial charge in [0.1, 0.15) is 5.75 Å². The fourth-order valence-electron chi connectivity index (χ4n) is 1.73. The summed E-state index contributed by atoms with van der Waals surface area (Å²) in [5, 5.41) is 0. The third-order valence-electron chi connectivity index (χ3n) is 2.71. The highest BCUT2D eigenvalue weighted by Crippen LogP contribution is 2.36. The smallest absolute Gasteiger partial charge is 0.125 e. The van der Waals surface area contributed by atoms with Gasteiger partial charge in [0.2, 0.25) is 0 Å². The van der Waals surface area contributed by atoms with E-state index in [9.17, 15) is 0 Å². The van der Waals surface area contributed by atoms with Crippen LogP contribution in [0.1, 0.15) is 22.0 Å². The van der Waals surface area contributed by atoms with E-state index in [4.69, 9.17) is 10.5 Å². The van der Waals surface area contributed by atoms with Crippen LogP contribution in [0.15, 0.2) is 32.5 Å². The molecule has 2 nitrogen and oxygen atoms in total. The molecule has 0 aliphatic carbocycles. The average molecular weight is 391 g/mol. The number of aryl methyl sites for hydroxylation is 1. The molecule has 0 saturated carbocycles. The second kappa shape index (κ2) is 5.74. The van der Waals surface area contributed by atoms with E-state index in [1.54, 1.807) is 18.4 Å². The van der Waals surface area contributed by atoms with Crippen molar-refractivity contribution in [2.45, 2.75) is 13.0 Å². The quantitative estimate of drug-likeness (QED) is 0.828. The summed E-state index contributed by atoms with van der Waals surface area (Å²) in [7, 11) is 1.66. The Kier molecular flexibility index (Phi) is 4.48. The van der Waals surface area contributed by atoms with Gasteiger partial charge in [0.15, 0.2) is 0 Å². The maximum atomic E-state index is 6.32. The highest BCUT2D eigenvalue weighted by atomic mass is 79.9. The van der Waals surface area contributed by atoms with Crippen LogP contribution in [0.25, 0.3) is 0 Å². The molecule has 0 aliphatic heterocycles. The van der Waals surface area contributed by atoms with Crippen molar-refractivity contribution < 1.29 is 4.74 Å². The number of hydrogen-bond donors (Lipinski definition) is 1. The number of methoxy groups -OCH3 is 1. The van der Waals surface area contributed by atoms with Gasteiger partial charge < -0.3 is 10.5 Å². The van der Waals surface area contributed by atoms with Gasteiger partial charge in [-0.1, -0.05) is 22.0 Å². The van der Waals surface area contributed by atoms with Crippen molar-refractivity contribution in [3.05, 3.63) is 48.5 Å². The lowest BCUT2D eigenvalue weighted by Gasteiger charge is -2.14. The van der Waals surface area contributed by atoms with Crippen molar-refractivity contribution in [3.63, 3.8) is 0 Å². The van der Waals surface area contributed by atoms with E-state index in [0.717, 1.165) is 24.4 Å². The number of halogens is 2. The Labute approximate surface area is 127 Å². The van der Waals surface area contributed by atoms with Crippen molar-refractivity contribution in [2.75, 3.05) is 7.11 Å². The first kappa shape index (κ1) is 14.1. The highest BCUT2D eigenvalue weighted by Gasteiger charge is 2.17. The normalized spacial score (nSPS) is 12.5. The average Bonchev–Trinajstić information content (AvgIpc) is 2.68. The molecule has 0 amide bonds. The Hall–Kier alpha value is -0.360. The van der Waals surface area contributed by atoms with Gasteiger partial charge in [-0.2, -0.15) is 0 Å². The molecule has 2 aromatic rings. The van der Waals surface area contributed by atoms with Crippen molar-refractivity contribution >= 4 is 43.2 Å². The summed E-state index contributed by atoms with van der Waals surface area (Å²) in [6.07, 6.45) is 0. The van der Waals surface area contributed by atoms with Crippen molar-refractivity contribution in [1.82, 2.24) is 0 Å². The second-order valence-electron chi connectivity index (χ2n) is 3.97. The standard InChI is InChI=1S/C13H13Br2NOS/c1-7-5-11(18-13(7)15)12(16)9-4-3-8(14)6-10(9)17-2/h3-6,12H,16H2,1-2H3. The van der Waals surface area contributed by atoms with Crippen LogP contribution < -0.4 is 10.5 Å². The van der Waals surface area contributed by atoms with E-state index in [-0.39, 0.29) is 6.04 Å². The van der Waals surface area contributed by atoms with Crippen molar-refractivity contribution in [1.29, 1.82) is 0 Å². The van der Waals surface area contributed by atoms with E-state index in [1.165, 1.54) is 5.56 Å². The molecular weight excluding hydrogens is 378 g/mol. The largest absolute Gasteiger partial charge is 0.496 e. The predicted octanol–water partition coefficient (Wildman–Crippen LogP) is 4.64. The first-order chi connectivity index (χ1) is 8.52. The molecule has 2 N–H and O–H groups in total. The van der Waals surface area contributed by atoms with Gasteiger partial charge in [-0.25, -0.2) is 0 Å². The maximum Gasteiger partial charge on any atom is 0.125 e. The zero-order chi connectivity index (χ0) is 13.3. The van der Waals surface area contributed by atoms with Gasteiger partial charge >= 0.3 is 0 Å². The molecule has 0 fully saturated rings. The van der Waals surface area contributed by atoms with Gasteiger partial charge in [-0.05, 0) is 46.6 Å².